The summed E-state index contributed by atoms with van der Waals surface area (Å²) < 4.78 is 6.57. The number of para-hydroxylation sites is 2. The summed E-state index contributed by atoms with van der Waals surface area (Å²) in [6, 6.07) is 73.1. The summed E-state index contributed by atoms with van der Waals surface area (Å²) >= 11 is 0. The Morgan fingerprint density at radius 2 is 0.893 bits per heavy atom. The average molecular weight is 715 g/mol. The SMILES string of the molecule is c1ccc(-c2nc(-c3ccccc3-c3cccc4c3oc3ccccc34)cc(-c3cccc4c3C(c3ccccc3)(c3ccccc3)c3ccccc3-4)n2)cc1. The molecule has 0 fully saturated rings. The van der Waals surface area contributed by atoms with Crippen LogP contribution in [0.4, 0.5) is 0 Å². The van der Waals surface area contributed by atoms with Crippen molar-refractivity contribution in [2.75, 3.05) is 0 Å². The zero-order valence-corrected chi connectivity index (χ0v) is 30.4. The van der Waals surface area contributed by atoms with Crippen molar-refractivity contribution in [3.63, 3.8) is 0 Å². The van der Waals surface area contributed by atoms with Crippen LogP contribution in [0.2, 0.25) is 0 Å². The van der Waals surface area contributed by atoms with Crippen molar-refractivity contribution in [1.29, 1.82) is 0 Å². The Kier molecular flexibility index (Phi) is 7.39. The molecule has 10 aromatic rings. The maximum Gasteiger partial charge on any atom is 0.160 e. The Bertz CT molecular complexity index is 3040. The molecule has 11 rings (SSSR count). The van der Waals surface area contributed by atoms with E-state index >= 15 is 0 Å². The molecular weight excluding hydrogens is 681 g/mol. The highest BCUT2D eigenvalue weighted by Gasteiger charge is 2.47. The highest BCUT2D eigenvalue weighted by Crippen LogP contribution is 2.58. The maximum absolute atomic E-state index is 6.57. The van der Waals surface area contributed by atoms with Crippen molar-refractivity contribution < 1.29 is 4.42 Å². The van der Waals surface area contributed by atoms with Crippen molar-refractivity contribution in [2.24, 2.45) is 0 Å². The highest BCUT2D eigenvalue weighted by atomic mass is 16.3. The molecule has 1 aliphatic carbocycles. The zero-order valence-electron chi connectivity index (χ0n) is 30.4. The second kappa shape index (κ2) is 12.9. The van der Waals surface area contributed by atoms with Crippen LogP contribution in [0.3, 0.4) is 0 Å². The molecule has 0 aliphatic heterocycles. The minimum absolute atomic E-state index is 0.585. The van der Waals surface area contributed by atoms with Gasteiger partial charge >= 0.3 is 0 Å². The first kappa shape index (κ1) is 32.1. The fraction of sp³-hybridized carbons (Fsp3) is 0.0189. The molecule has 0 atom stereocenters. The monoisotopic (exact) mass is 714 g/mol. The number of hydrogen-bond acceptors (Lipinski definition) is 3. The van der Waals surface area contributed by atoms with Crippen molar-refractivity contribution in [3.8, 4) is 56.2 Å². The molecule has 0 bridgehead atoms. The zero-order chi connectivity index (χ0) is 37.1. The van der Waals surface area contributed by atoms with E-state index in [0.29, 0.717) is 5.82 Å². The van der Waals surface area contributed by atoms with Gasteiger partial charge in [-0.3, -0.25) is 0 Å². The number of fused-ring (bicyclic) bond motifs is 6. The van der Waals surface area contributed by atoms with Crippen molar-refractivity contribution in [3.05, 3.63) is 229 Å². The third kappa shape index (κ3) is 4.84. The molecule has 262 valence electrons. The van der Waals surface area contributed by atoms with Crippen LogP contribution < -0.4 is 0 Å². The van der Waals surface area contributed by atoms with Gasteiger partial charge in [-0.2, -0.15) is 0 Å². The molecular formula is C53H34N2O. The van der Waals surface area contributed by atoms with E-state index in [-0.39, 0.29) is 0 Å². The molecule has 0 saturated heterocycles. The largest absolute Gasteiger partial charge is 0.455 e. The number of rotatable bonds is 6. The topological polar surface area (TPSA) is 38.9 Å². The van der Waals surface area contributed by atoms with E-state index in [1.807, 2.05) is 30.3 Å². The molecule has 1 aliphatic rings. The van der Waals surface area contributed by atoms with E-state index in [1.165, 1.54) is 33.4 Å². The highest BCUT2D eigenvalue weighted by molar-refractivity contribution is 6.10. The lowest BCUT2D eigenvalue weighted by Gasteiger charge is -2.35. The van der Waals surface area contributed by atoms with Gasteiger partial charge in [-0.25, -0.2) is 9.97 Å². The van der Waals surface area contributed by atoms with E-state index in [2.05, 4.69) is 176 Å². The lowest BCUT2D eigenvalue weighted by Crippen LogP contribution is -2.29. The number of nitrogens with zero attached hydrogens (tertiary/aromatic N) is 2. The van der Waals surface area contributed by atoms with Gasteiger partial charge in [0.25, 0.3) is 0 Å². The lowest BCUT2D eigenvalue weighted by molar-refractivity contribution is 0.670. The Morgan fingerprint density at radius 1 is 0.375 bits per heavy atom. The normalized spacial score (nSPS) is 12.8. The number of hydrogen-bond donors (Lipinski definition) is 0. The molecule has 0 radical (unpaired) electrons. The van der Waals surface area contributed by atoms with E-state index in [1.54, 1.807) is 0 Å². The van der Waals surface area contributed by atoms with Crippen molar-refractivity contribution >= 4 is 21.9 Å². The Labute approximate surface area is 325 Å². The van der Waals surface area contributed by atoms with Crippen LogP contribution in [0.5, 0.6) is 0 Å². The number of furan rings is 1. The van der Waals surface area contributed by atoms with Crippen LogP contribution in [-0.4, -0.2) is 9.97 Å². The summed E-state index contributed by atoms with van der Waals surface area (Å²) in [4.78, 5) is 10.8. The molecule has 0 spiro atoms. The fourth-order valence-corrected chi connectivity index (χ4v) is 9.06. The summed E-state index contributed by atoms with van der Waals surface area (Å²) in [7, 11) is 0. The molecule has 0 saturated carbocycles. The average Bonchev–Trinajstić information content (AvgIpc) is 3.82. The predicted molar refractivity (Wildman–Crippen MR) is 228 cm³/mol. The van der Waals surface area contributed by atoms with Gasteiger partial charge in [0.15, 0.2) is 5.82 Å². The maximum atomic E-state index is 6.57. The molecule has 0 N–H and O–H groups in total. The summed E-state index contributed by atoms with van der Waals surface area (Å²) in [6.07, 6.45) is 0. The van der Waals surface area contributed by atoms with E-state index in [4.69, 9.17) is 14.4 Å². The summed E-state index contributed by atoms with van der Waals surface area (Å²) in [5.41, 5.74) is 15.4. The third-order valence-corrected chi connectivity index (χ3v) is 11.4. The Morgan fingerprint density at radius 3 is 1.64 bits per heavy atom. The molecule has 2 aromatic heterocycles. The summed E-state index contributed by atoms with van der Waals surface area (Å²) in [5.74, 6) is 0.674. The van der Waals surface area contributed by atoms with E-state index < -0.39 is 5.41 Å². The minimum Gasteiger partial charge on any atom is -0.455 e. The van der Waals surface area contributed by atoms with Crippen molar-refractivity contribution in [1.82, 2.24) is 9.97 Å². The van der Waals surface area contributed by atoms with Crippen LogP contribution in [0.25, 0.3) is 78.1 Å². The van der Waals surface area contributed by atoms with Gasteiger partial charge in [0.1, 0.15) is 11.2 Å². The van der Waals surface area contributed by atoms with E-state index in [9.17, 15) is 0 Å². The first-order valence-corrected chi connectivity index (χ1v) is 19.1. The second-order valence-electron chi connectivity index (χ2n) is 14.4. The van der Waals surface area contributed by atoms with Crippen LogP contribution in [0.1, 0.15) is 22.3 Å². The minimum atomic E-state index is -0.585. The van der Waals surface area contributed by atoms with Gasteiger partial charge in [-0.15, -0.1) is 0 Å². The quantitative estimate of drug-likeness (QED) is 0.172. The first-order valence-electron chi connectivity index (χ1n) is 19.1. The standard InChI is InChI=1S/C53H34N2O/c1-4-18-35(19-5-1)52-54-47(40-26-11-10-24-38(40)43-29-17-30-44-41-27-13-15-33-49(41)56-51(43)44)34-48(55-52)45-31-16-28-42-39-25-12-14-32-46(39)53(50(42)45,36-20-6-2-7-21-36)37-22-8-3-9-23-37/h1-34H. The molecule has 8 aromatic carbocycles. The summed E-state index contributed by atoms with van der Waals surface area (Å²) in [6.45, 7) is 0. The van der Waals surface area contributed by atoms with Crippen LogP contribution in [-0.2, 0) is 5.41 Å². The summed E-state index contributed by atoms with van der Waals surface area (Å²) in [5, 5.41) is 2.20. The molecule has 2 heterocycles. The lowest BCUT2D eigenvalue weighted by atomic mass is 9.66. The fourth-order valence-electron chi connectivity index (χ4n) is 9.06. The first-order chi connectivity index (χ1) is 27.8. The van der Waals surface area contributed by atoms with Gasteiger partial charge < -0.3 is 4.42 Å². The van der Waals surface area contributed by atoms with Gasteiger partial charge in [-0.1, -0.05) is 194 Å². The van der Waals surface area contributed by atoms with Crippen LogP contribution in [0.15, 0.2) is 211 Å². The number of benzene rings is 8. The molecule has 56 heavy (non-hydrogen) atoms. The van der Waals surface area contributed by atoms with Gasteiger partial charge in [0, 0.05) is 33.0 Å². The van der Waals surface area contributed by atoms with Gasteiger partial charge in [0.05, 0.1) is 16.8 Å². The van der Waals surface area contributed by atoms with Crippen LogP contribution >= 0.6 is 0 Å². The Hall–Kier alpha value is -7.36. The molecule has 3 heteroatoms. The van der Waals surface area contributed by atoms with Gasteiger partial charge in [-0.05, 0) is 51.1 Å². The third-order valence-electron chi connectivity index (χ3n) is 11.4. The molecule has 3 nitrogen and oxygen atoms in total. The second-order valence-corrected chi connectivity index (χ2v) is 14.4. The van der Waals surface area contributed by atoms with E-state index in [0.717, 1.165) is 61.1 Å². The Balaban J connectivity index is 1.20. The number of aromatic nitrogens is 2. The van der Waals surface area contributed by atoms with Crippen molar-refractivity contribution in [2.45, 2.75) is 5.41 Å². The van der Waals surface area contributed by atoms with Gasteiger partial charge in [0.2, 0.25) is 0 Å². The smallest absolute Gasteiger partial charge is 0.160 e. The van der Waals surface area contributed by atoms with Crippen LogP contribution in [0, 0.1) is 0 Å². The molecule has 0 unspecified atom stereocenters. The molecule has 0 amide bonds. The predicted octanol–water partition coefficient (Wildman–Crippen LogP) is 13.4.